The minimum Gasteiger partial charge on any atom is -0.506 e. The number of carbonyl (C=O) groups excluding carboxylic acids is 3. The molecule has 1 atom stereocenters. The molecular weight excluding hydrogens is 430 g/mol. The van der Waals surface area contributed by atoms with E-state index in [1.54, 1.807) is 42.5 Å². The molecule has 1 aliphatic rings. The summed E-state index contributed by atoms with van der Waals surface area (Å²) in [6.07, 6.45) is 0. The molecule has 3 rings (SSSR count). The maximum absolute atomic E-state index is 13.1. The van der Waals surface area contributed by atoms with Crippen molar-refractivity contribution in [2.75, 3.05) is 34.5 Å². The first-order valence-electron chi connectivity index (χ1n) is 10.1. The second-order valence-electron chi connectivity index (χ2n) is 7.19. The number of ether oxygens (including phenoxy) is 4. The van der Waals surface area contributed by atoms with E-state index < -0.39 is 29.5 Å². The highest BCUT2D eigenvalue weighted by Gasteiger charge is 2.46. The highest BCUT2D eigenvalue weighted by Crippen LogP contribution is 2.43. The van der Waals surface area contributed by atoms with Crippen LogP contribution in [0.1, 0.15) is 24.1 Å². The summed E-state index contributed by atoms with van der Waals surface area (Å²) in [6.45, 7) is 1.54. The number of benzene rings is 2. The Labute approximate surface area is 191 Å². The highest BCUT2D eigenvalue weighted by atomic mass is 16.5. The number of methoxy groups -OCH3 is 3. The minimum absolute atomic E-state index is 0.101. The van der Waals surface area contributed by atoms with E-state index in [1.165, 1.54) is 33.2 Å². The molecule has 174 valence electrons. The number of ketones is 1. The highest BCUT2D eigenvalue weighted by molar-refractivity contribution is 6.46. The van der Waals surface area contributed by atoms with Gasteiger partial charge in [0.2, 0.25) is 0 Å². The average Bonchev–Trinajstić information content (AvgIpc) is 3.06. The van der Waals surface area contributed by atoms with Crippen LogP contribution < -0.4 is 14.2 Å². The smallest absolute Gasteiger partial charge is 0.308 e. The van der Waals surface area contributed by atoms with Crippen molar-refractivity contribution in [1.29, 1.82) is 0 Å². The first-order valence-corrected chi connectivity index (χ1v) is 10.1. The number of carbonyl (C=O) groups is 3. The number of likely N-dealkylation sites (tertiary alicyclic amines) is 1. The lowest BCUT2D eigenvalue weighted by molar-refractivity contribution is -0.140. The van der Waals surface area contributed by atoms with Crippen molar-refractivity contribution in [2.24, 2.45) is 0 Å². The molecule has 1 unspecified atom stereocenters. The number of Topliss-reactive ketones (excluding diaryl/α,β-unsaturated/α-hetero) is 1. The van der Waals surface area contributed by atoms with E-state index in [1.807, 2.05) is 0 Å². The summed E-state index contributed by atoms with van der Waals surface area (Å²) in [5.74, 6) is -1.83. The molecule has 1 N–H and O–H groups in total. The Kier molecular flexibility index (Phi) is 7.34. The Morgan fingerprint density at radius 1 is 1.03 bits per heavy atom. The lowest BCUT2D eigenvalue weighted by atomic mass is 9.94. The van der Waals surface area contributed by atoms with E-state index in [-0.39, 0.29) is 41.5 Å². The van der Waals surface area contributed by atoms with Crippen molar-refractivity contribution in [3.8, 4) is 17.2 Å². The largest absolute Gasteiger partial charge is 0.506 e. The van der Waals surface area contributed by atoms with Crippen molar-refractivity contribution in [3.05, 3.63) is 59.2 Å². The summed E-state index contributed by atoms with van der Waals surface area (Å²) in [5, 5.41) is 11.3. The van der Waals surface area contributed by atoms with Gasteiger partial charge in [0.15, 0.2) is 0 Å². The van der Waals surface area contributed by atoms with Crippen LogP contribution in [0.5, 0.6) is 17.2 Å². The maximum atomic E-state index is 13.1. The molecule has 0 radical (unpaired) electrons. The van der Waals surface area contributed by atoms with E-state index in [9.17, 15) is 19.5 Å². The van der Waals surface area contributed by atoms with Gasteiger partial charge in [0.25, 0.3) is 11.7 Å². The van der Waals surface area contributed by atoms with Gasteiger partial charge in [-0.15, -0.1) is 0 Å². The van der Waals surface area contributed by atoms with Crippen LogP contribution in [-0.4, -0.2) is 62.1 Å². The number of hydrogen-bond donors (Lipinski definition) is 1. The second kappa shape index (κ2) is 10.2. The standard InChI is InChI=1S/C24H25NO8/c1-14(26)33-16-8-5-7-15(13-16)21-20(23(28)24(29)25(21)11-12-30-2)22(27)19-17(31-3)9-6-10-18(19)32-4/h5-10,13,21,27H,11-12H2,1-4H3/b22-20+. The summed E-state index contributed by atoms with van der Waals surface area (Å²) in [7, 11) is 4.32. The van der Waals surface area contributed by atoms with E-state index in [2.05, 4.69) is 0 Å². The number of esters is 1. The Bertz CT molecular complexity index is 1090. The number of rotatable bonds is 8. The topological polar surface area (TPSA) is 112 Å². The van der Waals surface area contributed by atoms with E-state index in [0.717, 1.165) is 0 Å². The predicted molar refractivity (Wildman–Crippen MR) is 118 cm³/mol. The third-order valence-electron chi connectivity index (χ3n) is 5.18. The van der Waals surface area contributed by atoms with Gasteiger partial charge in [-0.2, -0.15) is 0 Å². The van der Waals surface area contributed by atoms with Gasteiger partial charge in [0.05, 0.1) is 32.4 Å². The van der Waals surface area contributed by atoms with Crippen LogP contribution in [0.2, 0.25) is 0 Å². The molecule has 1 heterocycles. The Balaban J connectivity index is 2.25. The van der Waals surface area contributed by atoms with Crippen molar-refractivity contribution >= 4 is 23.4 Å². The van der Waals surface area contributed by atoms with Gasteiger partial charge in [0, 0.05) is 20.6 Å². The lowest BCUT2D eigenvalue weighted by Gasteiger charge is -2.25. The number of amides is 1. The second-order valence-corrected chi connectivity index (χ2v) is 7.19. The van der Waals surface area contributed by atoms with Crippen LogP contribution in [0.25, 0.3) is 5.76 Å². The zero-order chi connectivity index (χ0) is 24.1. The van der Waals surface area contributed by atoms with Gasteiger partial charge in [-0.25, -0.2) is 0 Å². The lowest BCUT2D eigenvalue weighted by Crippen LogP contribution is -2.32. The molecule has 2 aromatic rings. The summed E-state index contributed by atoms with van der Waals surface area (Å²) in [5.41, 5.74) is 0.478. The molecular formula is C24H25NO8. The molecule has 1 aliphatic heterocycles. The molecule has 9 heteroatoms. The molecule has 1 fully saturated rings. The van der Waals surface area contributed by atoms with E-state index in [4.69, 9.17) is 18.9 Å². The Morgan fingerprint density at radius 2 is 1.67 bits per heavy atom. The third kappa shape index (κ3) is 4.68. The molecule has 9 nitrogen and oxygen atoms in total. The SMILES string of the molecule is COCCN1C(=O)C(=O)/C(=C(/O)c2c(OC)cccc2OC)C1c1cccc(OC(C)=O)c1. The molecule has 1 saturated heterocycles. The van der Waals surface area contributed by atoms with Crippen molar-refractivity contribution in [3.63, 3.8) is 0 Å². The van der Waals surface area contributed by atoms with E-state index in [0.29, 0.717) is 5.56 Å². The summed E-state index contributed by atoms with van der Waals surface area (Å²) in [6, 6.07) is 10.4. The fraction of sp³-hybridized carbons (Fsp3) is 0.292. The van der Waals surface area contributed by atoms with Crippen LogP contribution >= 0.6 is 0 Å². The average molecular weight is 455 g/mol. The molecule has 1 amide bonds. The minimum atomic E-state index is -0.953. The molecule has 0 saturated carbocycles. The monoisotopic (exact) mass is 455 g/mol. The number of hydrogen-bond acceptors (Lipinski definition) is 8. The van der Waals surface area contributed by atoms with Crippen LogP contribution in [0, 0.1) is 0 Å². The van der Waals surface area contributed by atoms with Crippen LogP contribution in [-0.2, 0) is 19.1 Å². The summed E-state index contributed by atoms with van der Waals surface area (Å²) < 4.78 is 21.0. The summed E-state index contributed by atoms with van der Waals surface area (Å²) in [4.78, 5) is 38.8. The molecule has 33 heavy (non-hydrogen) atoms. The maximum Gasteiger partial charge on any atom is 0.308 e. The first kappa shape index (κ1) is 23.8. The number of nitrogens with zero attached hydrogens (tertiary/aromatic N) is 1. The number of aliphatic hydroxyl groups is 1. The first-order chi connectivity index (χ1) is 15.8. The number of aliphatic hydroxyl groups excluding tert-OH is 1. The Hall–Kier alpha value is -3.85. The van der Waals surface area contributed by atoms with Gasteiger partial charge < -0.3 is 29.0 Å². The molecule has 0 spiro atoms. The fourth-order valence-electron chi connectivity index (χ4n) is 3.78. The molecule has 0 aromatic heterocycles. The summed E-state index contributed by atoms with van der Waals surface area (Å²) >= 11 is 0. The van der Waals surface area contributed by atoms with Gasteiger partial charge in [-0.3, -0.25) is 14.4 Å². The van der Waals surface area contributed by atoms with Gasteiger partial charge >= 0.3 is 5.97 Å². The van der Waals surface area contributed by atoms with Crippen molar-refractivity contribution in [2.45, 2.75) is 13.0 Å². The molecule has 0 aliphatic carbocycles. The predicted octanol–water partition coefficient (Wildman–Crippen LogP) is 2.70. The van der Waals surface area contributed by atoms with Crippen LogP contribution in [0.4, 0.5) is 0 Å². The fourth-order valence-corrected chi connectivity index (χ4v) is 3.78. The van der Waals surface area contributed by atoms with Gasteiger partial charge in [-0.1, -0.05) is 18.2 Å². The quantitative estimate of drug-likeness (QED) is 0.213. The zero-order valence-electron chi connectivity index (χ0n) is 18.8. The van der Waals surface area contributed by atoms with E-state index >= 15 is 0 Å². The zero-order valence-corrected chi connectivity index (χ0v) is 18.8. The van der Waals surface area contributed by atoms with Crippen LogP contribution in [0.15, 0.2) is 48.0 Å². The van der Waals surface area contributed by atoms with Gasteiger partial charge in [-0.05, 0) is 29.8 Å². The van der Waals surface area contributed by atoms with Crippen molar-refractivity contribution in [1.82, 2.24) is 4.90 Å². The third-order valence-corrected chi connectivity index (χ3v) is 5.18. The van der Waals surface area contributed by atoms with Crippen molar-refractivity contribution < 1.29 is 38.4 Å². The van der Waals surface area contributed by atoms with Gasteiger partial charge in [0.1, 0.15) is 28.6 Å². The normalized spacial score (nSPS) is 17.2. The Morgan fingerprint density at radius 3 is 2.24 bits per heavy atom. The van der Waals surface area contributed by atoms with Crippen LogP contribution in [0.3, 0.4) is 0 Å². The molecule has 0 bridgehead atoms. The molecule has 2 aromatic carbocycles.